The largest absolute Gasteiger partial charge is 0.339 e. The van der Waals surface area contributed by atoms with Crippen LogP contribution in [0.3, 0.4) is 0 Å². The van der Waals surface area contributed by atoms with Crippen LogP contribution in [0.5, 0.6) is 0 Å². The third-order valence-electron chi connectivity index (χ3n) is 6.10. The van der Waals surface area contributed by atoms with E-state index in [9.17, 15) is 8.42 Å². The fraction of sp³-hybridized carbons (Fsp3) is 0.348. The van der Waals surface area contributed by atoms with Gasteiger partial charge in [-0.2, -0.15) is 9.29 Å². The highest BCUT2D eigenvalue weighted by atomic mass is 32.2. The number of rotatable bonds is 7. The summed E-state index contributed by atoms with van der Waals surface area (Å²) in [4.78, 5) is 11.8. The Bertz CT molecular complexity index is 1330. The number of sulfonamides is 1. The monoisotopic (exact) mass is 466 g/mol. The van der Waals surface area contributed by atoms with Gasteiger partial charge >= 0.3 is 0 Å². The average Bonchev–Trinajstić information content (AvgIpc) is 3.50. The number of fused-ring (bicyclic) bond motifs is 1. The molecule has 0 spiro atoms. The molecule has 0 bridgehead atoms. The molecule has 172 valence electrons. The number of aryl methyl sites for hydroxylation is 2. The molecular formula is C23H26N6O3S. The summed E-state index contributed by atoms with van der Waals surface area (Å²) < 4.78 is 33.9. The van der Waals surface area contributed by atoms with Crippen molar-refractivity contribution < 1.29 is 12.9 Å². The summed E-state index contributed by atoms with van der Waals surface area (Å²) >= 11 is 0. The zero-order chi connectivity index (χ0) is 22.8. The highest BCUT2D eigenvalue weighted by molar-refractivity contribution is 7.89. The van der Waals surface area contributed by atoms with Crippen molar-refractivity contribution in [2.75, 3.05) is 6.54 Å². The van der Waals surface area contributed by atoms with Crippen LogP contribution in [-0.4, -0.2) is 39.4 Å². The van der Waals surface area contributed by atoms with Crippen molar-refractivity contribution >= 4 is 21.1 Å². The molecule has 0 amide bonds. The zero-order valence-electron chi connectivity index (χ0n) is 18.1. The number of imidazole rings is 1. The molecule has 2 aromatic heterocycles. The molecule has 0 radical (unpaired) electrons. The van der Waals surface area contributed by atoms with E-state index < -0.39 is 16.1 Å². The smallest absolute Gasteiger partial charge is 0.277 e. The van der Waals surface area contributed by atoms with Crippen molar-refractivity contribution in [2.24, 2.45) is 5.73 Å². The highest BCUT2D eigenvalue weighted by Crippen LogP contribution is 2.34. The molecule has 1 atom stereocenters. The van der Waals surface area contributed by atoms with Gasteiger partial charge in [-0.25, -0.2) is 13.4 Å². The Morgan fingerprint density at radius 1 is 1.03 bits per heavy atom. The Hall–Kier alpha value is -3.08. The summed E-state index contributed by atoms with van der Waals surface area (Å²) in [5.41, 5.74) is 9.36. The molecule has 10 heteroatoms. The predicted octanol–water partition coefficient (Wildman–Crippen LogP) is 3.11. The number of nitrogens with zero attached hydrogens (tertiary/aromatic N) is 4. The standard InChI is InChI=1S/C23H26N6O3S/c24-15-17-8-2-1-7-16(17)12-13-21-27-22(28-32-21)20-11-5-6-14-29(20)33(30,31)23-25-18-9-3-4-10-19(18)26-23/h1-4,7-10,20H,5-6,11-15,24H2,(H,25,26). The molecule has 2 aromatic carbocycles. The Morgan fingerprint density at radius 3 is 2.64 bits per heavy atom. The summed E-state index contributed by atoms with van der Waals surface area (Å²) in [6.07, 6.45) is 3.59. The lowest BCUT2D eigenvalue weighted by Gasteiger charge is -2.31. The van der Waals surface area contributed by atoms with E-state index in [0.717, 1.165) is 30.4 Å². The van der Waals surface area contributed by atoms with Crippen LogP contribution in [0, 0.1) is 0 Å². The number of H-pyrrole nitrogens is 1. The Labute approximate surface area is 192 Å². The van der Waals surface area contributed by atoms with E-state index in [4.69, 9.17) is 10.3 Å². The maximum absolute atomic E-state index is 13.5. The molecular weight excluding hydrogens is 440 g/mol. The third kappa shape index (κ3) is 4.29. The van der Waals surface area contributed by atoms with Crippen molar-refractivity contribution in [3.63, 3.8) is 0 Å². The van der Waals surface area contributed by atoms with Gasteiger partial charge < -0.3 is 15.2 Å². The molecule has 0 aliphatic carbocycles. The van der Waals surface area contributed by atoms with Gasteiger partial charge in [-0.05, 0) is 42.5 Å². The van der Waals surface area contributed by atoms with Gasteiger partial charge in [0.05, 0.1) is 17.1 Å². The molecule has 4 aromatic rings. The maximum Gasteiger partial charge on any atom is 0.277 e. The van der Waals surface area contributed by atoms with Gasteiger partial charge in [0, 0.05) is 19.5 Å². The van der Waals surface area contributed by atoms with Crippen LogP contribution in [0.15, 0.2) is 58.2 Å². The number of nitrogens with one attached hydrogen (secondary N) is 1. The fourth-order valence-electron chi connectivity index (χ4n) is 4.36. The summed E-state index contributed by atoms with van der Waals surface area (Å²) in [6.45, 7) is 0.861. The van der Waals surface area contributed by atoms with Gasteiger partial charge in [0.2, 0.25) is 11.0 Å². The summed E-state index contributed by atoms with van der Waals surface area (Å²) in [5.74, 6) is 0.889. The Morgan fingerprint density at radius 2 is 1.82 bits per heavy atom. The number of aromatic amines is 1. The number of hydrogen-bond acceptors (Lipinski definition) is 7. The van der Waals surface area contributed by atoms with E-state index in [1.807, 2.05) is 42.5 Å². The first-order valence-electron chi connectivity index (χ1n) is 11.1. The van der Waals surface area contributed by atoms with E-state index in [1.165, 1.54) is 4.31 Å². The van der Waals surface area contributed by atoms with E-state index in [1.54, 1.807) is 6.07 Å². The molecule has 5 rings (SSSR count). The minimum atomic E-state index is -3.85. The first-order chi connectivity index (χ1) is 16.1. The lowest BCUT2D eigenvalue weighted by atomic mass is 10.0. The molecule has 1 saturated heterocycles. The molecule has 1 aliphatic heterocycles. The quantitative estimate of drug-likeness (QED) is 0.428. The first kappa shape index (κ1) is 21.7. The van der Waals surface area contributed by atoms with Crippen molar-refractivity contribution in [2.45, 2.75) is 49.8 Å². The lowest BCUT2D eigenvalue weighted by Crippen LogP contribution is -2.39. The van der Waals surface area contributed by atoms with Crippen molar-refractivity contribution in [3.05, 3.63) is 71.4 Å². The van der Waals surface area contributed by atoms with Gasteiger partial charge in [0.25, 0.3) is 10.0 Å². The average molecular weight is 467 g/mol. The molecule has 3 N–H and O–H groups in total. The maximum atomic E-state index is 13.5. The van der Waals surface area contributed by atoms with E-state index in [0.29, 0.717) is 48.7 Å². The van der Waals surface area contributed by atoms with Crippen LogP contribution in [0.4, 0.5) is 0 Å². The van der Waals surface area contributed by atoms with E-state index >= 15 is 0 Å². The number of aromatic nitrogens is 4. The van der Waals surface area contributed by atoms with E-state index in [2.05, 4.69) is 20.1 Å². The van der Waals surface area contributed by atoms with Crippen LogP contribution in [-0.2, 0) is 29.4 Å². The first-order valence-corrected chi connectivity index (χ1v) is 12.6. The van der Waals surface area contributed by atoms with Crippen LogP contribution in [0.25, 0.3) is 11.0 Å². The van der Waals surface area contributed by atoms with Crippen molar-refractivity contribution in [1.29, 1.82) is 0 Å². The van der Waals surface area contributed by atoms with Crippen molar-refractivity contribution in [1.82, 2.24) is 24.4 Å². The third-order valence-corrected chi connectivity index (χ3v) is 7.84. The molecule has 33 heavy (non-hydrogen) atoms. The fourth-order valence-corrected chi connectivity index (χ4v) is 5.94. The molecule has 9 nitrogen and oxygen atoms in total. The summed E-state index contributed by atoms with van der Waals surface area (Å²) in [6, 6.07) is 14.8. The van der Waals surface area contributed by atoms with Crippen LogP contribution in [0.2, 0.25) is 0 Å². The van der Waals surface area contributed by atoms with Gasteiger partial charge in [-0.3, -0.25) is 0 Å². The van der Waals surface area contributed by atoms with Crippen LogP contribution < -0.4 is 5.73 Å². The normalized spacial score (nSPS) is 17.5. The highest BCUT2D eigenvalue weighted by Gasteiger charge is 2.38. The van der Waals surface area contributed by atoms with Crippen LogP contribution >= 0.6 is 0 Å². The molecule has 1 aliphatic rings. The number of para-hydroxylation sites is 2. The predicted molar refractivity (Wildman–Crippen MR) is 123 cm³/mol. The SMILES string of the molecule is NCc1ccccc1CCc1nc(C2CCCCN2S(=O)(=O)c2nc3ccccc3[nH]2)no1. The second-order valence-corrected chi connectivity index (χ2v) is 10.0. The van der Waals surface area contributed by atoms with Gasteiger partial charge in [-0.1, -0.05) is 48.0 Å². The minimum absolute atomic E-state index is 0.0577. The molecule has 1 unspecified atom stereocenters. The number of benzene rings is 2. The van der Waals surface area contributed by atoms with Crippen LogP contribution in [0.1, 0.15) is 48.1 Å². The van der Waals surface area contributed by atoms with Gasteiger partial charge in [0.1, 0.15) is 0 Å². The number of hydrogen-bond donors (Lipinski definition) is 2. The number of piperidine rings is 1. The topological polar surface area (TPSA) is 131 Å². The number of nitrogens with two attached hydrogens (primary N) is 1. The molecule has 1 fully saturated rings. The lowest BCUT2D eigenvalue weighted by molar-refractivity contribution is 0.239. The van der Waals surface area contributed by atoms with E-state index in [-0.39, 0.29) is 5.16 Å². The second kappa shape index (κ2) is 9.05. The van der Waals surface area contributed by atoms with Gasteiger partial charge in [0.15, 0.2) is 5.82 Å². The summed E-state index contributed by atoms with van der Waals surface area (Å²) in [5, 5.41) is 4.09. The molecule has 3 heterocycles. The second-order valence-electron chi connectivity index (χ2n) is 8.21. The van der Waals surface area contributed by atoms with Crippen molar-refractivity contribution in [3.8, 4) is 0 Å². The minimum Gasteiger partial charge on any atom is -0.339 e. The van der Waals surface area contributed by atoms with Gasteiger partial charge in [-0.15, -0.1) is 0 Å². The Kier molecular flexibility index (Phi) is 5.96. The summed E-state index contributed by atoms with van der Waals surface area (Å²) in [7, 11) is -3.85. The Balaban J connectivity index is 1.37. The molecule has 0 saturated carbocycles. The zero-order valence-corrected chi connectivity index (χ0v) is 19.0.